The van der Waals surface area contributed by atoms with E-state index < -0.39 is 10.0 Å². The number of ether oxygens (including phenoxy) is 1. The molecule has 1 aliphatic heterocycles. The lowest BCUT2D eigenvalue weighted by atomic mass is 9.89. The second-order valence-electron chi connectivity index (χ2n) is 8.56. The smallest absolute Gasteiger partial charge is 0.253 e. The van der Waals surface area contributed by atoms with E-state index >= 15 is 0 Å². The van der Waals surface area contributed by atoms with Crippen molar-refractivity contribution in [3.05, 3.63) is 95.1 Å². The molecule has 0 unspecified atom stereocenters. The van der Waals surface area contributed by atoms with Crippen LogP contribution in [0.1, 0.15) is 45.8 Å². The topological polar surface area (TPSA) is 99.5 Å². The molecule has 3 aromatic carbocycles. The van der Waals surface area contributed by atoms with Crippen molar-refractivity contribution in [2.75, 3.05) is 24.9 Å². The van der Waals surface area contributed by atoms with Crippen LogP contribution in [0.2, 0.25) is 0 Å². The van der Waals surface area contributed by atoms with Crippen molar-refractivity contribution in [2.45, 2.75) is 24.5 Å². The molecular formula is C27H27N3O4S. The lowest BCUT2D eigenvalue weighted by molar-refractivity contribution is 0.0713. The summed E-state index contributed by atoms with van der Waals surface area (Å²) in [5.41, 5.74) is 3.12. The van der Waals surface area contributed by atoms with Gasteiger partial charge in [-0.25, -0.2) is 8.42 Å². The van der Waals surface area contributed by atoms with E-state index in [1.54, 1.807) is 41.3 Å². The van der Waals surface area contributed by atoms with Crippen molar-refractivity contribution in [1.29, 1.82) is 5.26 Å². The molecule has 35 heavy (non-hydrogen) atoms. The second-order valence-corrected chi connectivity index (χ2v) is 10.3. The molecule has 0 spiro atoms. The van der Waals surface area contributed by atoms with Gasteiger partial charge in [0.05, 0.1) is 30.2 Å². The number of benzene rings is 3. The number of amides is 1. The zero-order valence-electron chi connectivity index (χ0n) is 19.5. The summed E-state index contributed by atoms with van der Waals surface area (Å²) in [6.45, 7) is 1.20. The first kappa shape index (κ1) is 24.3. The van der Waals surface area contributed by atoms with Crippen LogP contribution in [0.3, 0.4) is 0 Å². The molecular weight excluding hydrogens is 462 g/mol. The lowest BCUT2D eigenvalue weighted by Gasteiger charge is -2.32. The number of nitriles is 1. The number of carbonyl (C=O) groups is 1. The average Bonchev–Trinajstić information content (AvgIpc) is 2.88. The Labute approximate surface area is 206 Å². The Bertz CT molecular complexity index is 1330. The van der Waals surface area contributed by atoms with Crippen molar-refractivity contribution in [1.82, 2.24) is 4.90 Å². The van der Waals surface area contributed by atoms with Crippen LogP contribution in [0, 0.1) is 11.3 Å². The lowest BCUT2D eigenvalue weighted by Crippen LogP contribution is -2.38. The van der Waals surface area contributed by atoms with Gasteiger partial charge >= 0.3 is 0 Å². The Balaban J connectivity index is 1.45. The van der Waals surface area contributed by atoms with Crippen LogP contribution in [0.25, 0.3) is 0 Å². The van der Waals surface area contributed by atoms with Crippen molar-refractivity contribution in [2.24, 2.45) is 0 Å². The van der Waals surface area contributed by atoms with Crippen LogP contribution in [0.4, 0.5) is 5.69 Å². The number of hydrogen-bond donors (Lipinski definition) is 1. The molecule has 0 aliphatic carbocycles. The Kier molecular flexibility index (Phi) is 7.37. The van der Waals surface area contributed by atoms with E-state index in [1.165, 1.54) is 18.7 Å². The van der Waals surface area contributed by atoms with Gasteiger partial charge in [0.2, 0.25) is 10.0 Å². The van der Waals surface area contributed by atoms with Gasteiger partial charge in [0.25, 0.3) is 5.91 Å². The maximum Gasteiger partial charge on any atom is 0.253 e. The molecule has 1 amide bonds. The number of methoxy groups -OCH3 is 1. The third-order valence-corrected chi connectivity index (χ3v) is 7.45. The van der Waals surface area contributed by atoms with E-state index in [1.807, 2.05) is 30.3 Å². The molecule has 0 aromatic heterocycles. The van der Waals surface area contributed by atoms with Crippen LogP contribution < -0.4 is 9.46 Å². The summed E-state index contributed by atoms with van der Waals surface area (Å²) >= 11 is 0. The second kappa shape index (κ2) is 10.6. The number of anilines is 1. The molecule has 1 aliphatic rings. The van der Waals surface area contributed by atoms with Gasteiger partial charge in [-0.15, -0.1) is 0 Å². The Hall–Kier alpha value is -3.83. The summed E-state index contributed by atoms with van der Waals surface area (Å²) in [5.74, 6) is 0.355. The van der Waals surface area contributed by atoms with Crippen molar-refractivity contribution in [3.8, 4) is 11.8 Å². The zero-order chi connectivity index (χ0) is 24.8. The van der Waals surface area contributed by atoms with Gasteiger partial charge in [-0.1, -0.05) is 42.5 Å². The Morgan fingerprint density at radius 1 is 1.06 bits per heavy atom. The van der Waals surface area contributed by atoms with E-state index in [-0.39, 0.29) is 17.3 Å². The average molecular weight is 490 g/mol. The monoisotopic (exact) mass is 489 g/mol. The quantitative estimate of drug-likeness (QED) is 0.526. The first-order valence-corrected chi connectivity index (χ1v) is 13.1. The SMILES string of the molecule is COc1ccc(C(=O)N2CCC(c3ccc(C#N)cc3)CC2)cc1NS(=O)(=O)Cc1ccccc1. The van der Waals surface area contributed by atoms with E-state index in [9.17, 15) is 13.2 Å². The highest BCUT2D eigenvalue weighted by atomic mass is 32.2. The van der Waals surface area contributed by atoms with Crippen LogP contribution in [-0.2, 0) is 15.8 Å². The van der Waals surface area contributed by atoms with Gasteiger partial charge in [0.1, 0.15) is 5.75 Å². The van der Waals surface area contributed by atoms with Crippen LogP contribution >= 0.6 is 0 Å². The molecule has 0 saturated carbocycles. The number of sulfonamides is 1. The van der Waals surface area contributed by atoms with Gasteiger partial charge in [-0.05, 0) is 60.2 Å². The molecule has 1 heterocycles. The molecule has 0 radical (unpaired) electrons. The minimum Gasteiger partial charge on any atom is -0.495 e. The number of hydrogen-bond acceptors (Lipinski definition) is 5. The van der Waals surface area contributed by atoms with E-state index in [0.29, 0.717) is 41.4 Å². The molecule has 3 aromatic rings. The highest BCUT2D eigenvalue weighted by Crippen LogP contribution is 2.31. The van der Waals surface area contributed by atoms with E-state index in [2.05, 4.69) is 10.8 Å². The van der Waals surface area contributed by atoms with E-state index in [0.717, 1.165) is 12.8 Å². The molecule has 1 fully saturated rings. The molecule has 0 bridgehead atoms. The highest BCUT2D eigenvalue weighted by Gasteiger charge is 2.25. The zero-order valence-corrected chi connectivity index (χ0v) is 20.3. The fourth-order valence-electron chi connectivity index (χ4n) is 4.35. The molecule has 7 nitrogen and oxygen atoms in total. The predicted octanol–water partition coefficient (Wildman–Crippen LogP) is 4.53. The maximum absolute atomic E-state index is 13.2. The Morgan fingerprint density at radius 2 is 1.74 bits per heavy atom. The van der Waals surface area contributed by atoms with Crippen molar-refractivity contribution >= 4 is 21.6 Å². The van der Waals surface area contributed by atoms with Gasteiger partial charge in [-0.2, -0.15) is 5.26 Å². The molecule has 8 heteroatoms. The maximum atomic E-state index is 13.2. The number of carbonyl (C=O) groups excluding carboxylic acids is 1. The van der Waals surface area contributed by atoms with E-state index in [4.69, 9.17) is 10.00 Å². The summed E-state index contributed by atoms with van der Waals surface area (Å²) in [5, 5.41) is 8.98. The van der Waals surface area contributed by atoms with Gasteiger partial charge < -0.3 is 9.64 Å². The summed E-state index contributed by atoms with van der Waals surface area (Å²) in [4.78, 5) is 15.0. The summed E-state index contributed by atoms with van der Waals surface area (Å²) < 4.78 is 33.4. The first-order valence-electron chi connectivity index (χ1n) is 11.4. The molecule has 1 saturated heterocycles. The third kappa shape index (κ3) is 6.00. The Morgan fingerprint density at radius 3 is 2.37 bits per heavy atom. The van der Waals surface area contributed by atoms with Crippen molar-refractivity contribution in [3.63, 3.8) is 0 Å². The number of nitrogens with zero attached hydrogens (tertiary/aromatic N) is 2. The van der Waals surface area contributed by atoms with Gasteiger partial charge in [0.15, 0.2) is 0 Å². The fourth-order valence-corrected chi connectivity index (χ4v) is 5.54. The van der Waals surface area contributed by atoms with Crippen LogP contribution in [0.15, 0.2) is 72.8 Å². The highest BCUT2D eigenvalue weighted by molar-refractivity contribution is 7.91. The largest absolute Gasteiger partial charge is 0.495 e. The third-order valence-electron chi connectivity index (χ3n) is 6.20. The molecule has 4 rings (SSSR count). The van der Waals surface area contributed by atoms with Crippen molar-refractivity contribution < 1.29 is 17.9 Å². The number of rotatable bonds is 7. The summed E-state index contributed by atoms with van der Waals surface area (Å²) in [6.07, 6.45) is 1.65. The number of piperidine rings is 1. The minimum atomic E-state index is -3.71. The first-order chi connectivity index (χ1) is 16.9. The standard InChI is InChI=1S/C27H27N3O4S/c1-34-26-12-11-24(17-25(26)29-35(32,33)19-21-5-3-2-4-6-21)27(31)30-15-13-23(14-16-30)22-9-7-20(18-28)8-10-22/h2-12,17,23,29H,13-16,19H2,1H3. The predicted molar refractivity (Wildman–Crippen MR) is 135 cm³/mol. The van der Waals surface area contributed by atoms with Gasteiger partial charge in [0, 0.05) is 18.7 Å². The molecule has 1 N–H and O–H groups in total. The molecule has 0 atom stereocenters. The molecule has 180 valence electrons. The number of nitrogens with one attached hydrogen (secondary N) is 1. The number of likely N-dealkylation sites (tertiary alicyclic amines) is 1. The minimum absolute atomic E-state index is 0.144. The fraction of sp³-hybridized carbons (Fsp3) is 0.259. The van der Waals surface area contributed by atoms with Crippen LogP contribution in [0.5, 0.6) is 5.75 Å². The normalized spacial score (nSPS) is 14.2. The van der Waals surface area contributed by atoms with Crippen LogP contribution in [-0.4, -0.2) is 39.4 Å². The summed E-state index contributed by atoms with van der Waals surface area (Å²) in [7, 11) is -2.25. The van der Waals surface area contributed by atoms with Gasteiger partial charge in [-0.3, -0.25) is 9.52 Å². The summed E-state index contributed by atoms with van der Waals surface area (Å²) in [6, 6.07) is 23.4.